The molecule has 0 fully saturated rings. The van der Waals surface area contributed by atoms with E-state index in [-0.39, 0.29) is 0 Å². The van der Waals surface area contributed by atoms with Crippen molar-refractivity contribution in [2.75, 3.05) is 9.80 Å². The first-order valence-electron chi connectivity index (χ1n) is 16.8. The van der Waals surface area contributed by atoms with Crippen molar-refractivity contribution in [1.29, 1.82) is 0 Å². The predicted octanol–water partition coefficient (Wildman–Crippen LogP) is 14.7. The first-order valence-corrected chi connectivity index (χ1v) is 18.4. The number of halogens is 2. The zero-order valence-electron chi connectivity index (χ0n) is 28.7. The van der Waals surface area contributed by atoms with Gasteiger partial charge in [-0.1, -0.05) is 127 Å². The highest BCUT2D eigenvalue weighted by molar-refractivity contribution is 9.11. The van der Waals surface area contributed by atoms with Gasteiger partial charge in [0, 0.05) is 43.1 Å². The summed E-state index contributed by atoms with van der Waals surface area (Å²) < 4.78 is 2.09. The van der Waals surface area contributed by atoms with Gasteiger partial charge in [0.15, 0.2) is 0 Å². The van der Waals surface area contributed by atoms with Crippen molar-refractivity contribution in [3.8, 4) is 22.3 Å². The Morgan fingerprint density at radius 2 is 0.500 bits per heavy atom. The normalized spacial score (nSPS) is 11.0. The minimum Gasteiger partial charge on any atom is -0.311 e. The number of benzene rings is 7. The van der Waals surface area contributed by atoms with E-state index in [0.29, 0.717) is 0 Å². The molecule has 0 heterocycles. The van der Waals surface area contributed by atoms with Crippen LogP contribution >= 0.6 is 31.9 Å². The molecule has 0 radical (unpaired) electrons. The first-order chi connectivity index (χ1) is 24.2. The van der Waals surface area contributed by atoms with Crippen LogP contribution in [0.2, 0.25) is 0 Å². The second-order valence-electron chi connectivity index (χ2n) is 12.9. The van der Waals surface area contributed by atoms with Crippen molar-refractivity contribution in [2.24, 2.45) is 0 Å². The lowest BCUT2D eigenvalue weighted by molar-refractivity contribution is 1.27. The molecular formula is C46H38Br2N2. The number of anilines is 6. The van der Waals surface area contributed by atoms with Crippen LogP contribution in [0.1, 0.15) is 22.3 Å². The van der Waals surface area contributed by atoms with E-state index in [9.17, 15) is 0 Å². The molecule has 0 saturated carbocycles. The summed E-state index contributed by atoms with van der Waals surface area (Å²) in [4.78, 5) is 4.61. The Kier molecular flexibility index (Phi) is 9.76. The molecule has 0 unspecified atom stereocenters. The number of hydrogen-bond donors (Lipinski definition) is 0. The fourth-order valence-electron chi connectivity index (χ4n) is 6.24. The van der Waals surface area contributed by atoms with E-state index < -0.39 is 0 Å². The summed E-state index contributed by atoms with van der Waals surface area (Å²) in [6, 6.07) is 56.9. The van der Waals surface area contributed by atoms with Gasteiger partial charge in [-0.05, 0) is 135 Å². The molecule has 0 aliphatic heterocycles. The van der Waals surface area contributed by atoms with Gasteiger partial charge in [-0.2, -0.15) is 0 Å². The van der Waals surface area contributed by atoms with Gasteiger partial charge < -0.3 is 9.80 Å². The van der Waals surface area contributed by atoms with Gasteiger partial charge in [0.1, 0.15) is 0 Å². The van der Waals surface area contributed by atoms with Crippen LogP contribution in [-0.2, 0) is 0 Å². The molecule has 0 atom stereocenters. The SMILES string of the molecule is Cc1ccc(N(c2ccc(C)cc2)c2ccc(-c3cc(Br)c(-c4ccc(N(c5ccc(C)cc5)c5ccc(C)cc5)cc4)cc3Br)cc2)cc1. The third-order valence-corrected chi connectivity index (χ3v) is 10.4. The summed E-state index contributed by atoms with van der Waals surface area (Å²) in [5.74, 6) is 0. The lowest BCUT2D eigenvalue weighted by atomic mass is 9.99. The smallest absolute Gasteiger partial charge is 0.0462 e. The topological polar surface area (TPSA) is 6.48 Å². The predicted molar refractivity (Wildman–Crippen MR) is 221 cm³/mol. The molecule has 0 N–H and O–H groups in total. The average molecular weight is 779 g/mol. The van der Waals surface area contributed by atoms with Gasteiger partial charge in [0.05, 0.1) is 0 Å². The van der Waals surface area contributed by atoms with Gasteiger partial charge in [-0.3, -0.25) is 0 Å². The highest BCUT2D eigenvalue weighted by atomic mass is 79.9. The summed E-state index contributed by atoms with van der Waals surface area (Å²) in [6.07, 6.45) is 0. The molecule has 50 heavy (non-hydrogen) atoms. The molecule has 0 spiro atoms. The van der Waals surface area contributed by atoms with E-state index in [4.69, 9.17) is 0 Å². The molecule has 2 nitrogen and oxygen atoms in total. The quantitative estimate of drug-likeness (QED) is 0.152. The van der Waals surface area contributed by atoms with Crippen molar-refractivity contribution in [3.05, 3.63) is 189 Å². The maximum atomic E-state index is 3.92. The molecule has 7 aromatic rings. The van der Waals surface area contributed by atoms with Crippen LogP contribution in [0.4, 0.5) is 34.1 Å². The first kappa shape index (κ1) is 33.6. The molecule has 4 heteroatoms. The van der Waals surface area contributed by atoms with Crippen LogP contribution in [0.3, 0.4) is 0 Å². The summed E-state index contributed by atoms with van der Waals surface area (Å²) in [5.41, 5.74) is 16.3. The largest absolute Gasteiger partial charge is 0.311 e. The van der Waals surface area contributed by atoms with E-state index in [2.05, 4.69) is 227 Å². The van der Waals surface area contributed by atoms with Crippen molar-refractivity contribution in [2.45, 2.75) is 27.7 Å². The monoisotopic (exact) mass is 776 g/mol. The van der Waals surface area contributed by atoms with E-state index in [1.54, 1.807) is 0 Å². The second kappa shape index (κ2) is 14.5. The highest BCUT2D eigenvalue weighted by Crippen LogP contribution is 2.42. The van der Waals surface area contributed by atoms with E-state index in [1.807, 2.05) is 0 Å². The zero-order chi connectivity index (χ0) is 34.8. The van der Waals surface area contributed by atoms with E-state index in [1.165, 1.54) is 22.3 Å². The Morgan fingerprint density at radius 3 is 0.720 bits per heavy atom. The maximum Gasteiger partial charge on any atom is 0.0462 e. The molecule has 0 saturated heterocycles. The van der Waals surface area contributed by atoms with E-state index >= 15 is 0 Å². The van der Waals surface area contributed by atoms with Crippen molar-refractivity contribution in [1.82, 2.24) is 0 Å². The van der Waals surface area contributed by atoms with Crippen molar-refractivity contribution < 1.29 is 0 Å². The van der Waals surface area contributed by atoms with Gasteiger partial charge in [-0.25, -0.2) is 0 Å². The third-order valence-electron chi connectivity index (χ3n) is 9.10. The van der Waals surface area contributed by atoms with Crippen LogP contribution in [0.5, 0.6) is 0 Å². The number of hydrogen-bond acceptors (Lipinski definition) is 2. The van der Waals surface area contributed by atoms with Crippen molar-refractivity contribution >= 4 is 66.0 Å². The molecule has 7 rings (SSSR count). The molecule has 7 aromatic carbocycles. The molecule has 0 aromatic heterocycles. The van der Waals surface area contributed by atoms with Gasteiger partial charge in [-0.15, -0.1) is 0 Å². The van der Waals surface area contributed by atoms with Crippen LogP contribution in [-0.4, -0.2) is 0 Å². The molecular weight excluding hydrogens is 740 g/mol. The standard InChI is InChI=1S/C46H38Br2N2/c1-31-5-17-37(18-6-31)49(38-19-7-32(2)8-20-38)41-25-13-35(14-26-41)43-29-46(48)44(30-45(43)47)36-15-27-42(28-16-36)50(39-21-9-33(3)10-22-39)40-23-11-34(4)12-24-40/h5-30H,1-4H3. The van der Waals surface area contributed by atoms with Crippen LogP contribution in [0, 0.1) is 27.7 Å². The number of aryl methyl sites for hydroxylation is 4. The minimum absolute atomic E-state index is 1.04. The Balaban J connectivity index is 1.18. The van der Waals surface area contributed by atoms with E-state index in [0.717, 1.165) is 65.3 Å². The molecule has 0 bridgehead atoms. The average Bonchev–Trinajstić information content (AvgIpc) is 3.13. The summed E-state index contributed by atoms with van der Waals surface area (Å²) in [7, 11) is 0. The summed E-state index contributed by atoms with van der Waals surface area (Å²) in [5, 5.41) is 0. The summed E-state index contributed by atoms with van der Waals surface area (Å²) in [6.45, 7) is 8.49. The number of nitrogens with zero attached hydrogens (tertiary/aromatic N) is 2. The molecule has 0 aliphatic carbocycles. The third kappa shape index (κ3) is 7.19. The fourth-order valence-corrected chi connectivity index (χ4v) is 7.38. The Hall–Kier alpha value is -4.90. The van der Waals surface area contributed by atoms with Gasteiger partial charge in [0.25, 0.3) is 0 Å². The molecule has 0 amide bonds. The number of rotatable bonds is 8. The van der Waals surface area contributed by atoms with Crippen LogP contribution in [0.15, 0.2) is 167 Å². The van der Waals surface area contributed by atoms with Gasteiger partial charge in [0.2, 0.25) is 0 Å². The Morgan fingerprint density at radius 1 is 0.300 bits per heavy atom. The molecule has 0 aliphatic rings. The summed E-state index contributed by atoms with van der Waals surface area (Å²) >= 11 is 7.84. The van der Waals surface area contributed by atoms with Gasteiger partial charge >= 0.3 is 0 Å². The zero-order valence-corrected chi connectivity index (χ0v) is 31.8. The lowest BCUT2D eigenvalue weighted by Crippen LogP contribution is -2.09. The second-order valence-corrected chi connectivity index (χ2v) is 14.6. The van der Waals surface area contributed by atoms with Crippen molar-refractivity contribution in [3.63, 3.8) is 0 Å². The fraction of sp³-hybridized carbons (Fsp3) is 0.0870. The highest BCUT2D eigenvalue weighted by Gasteiger charge is 2.16. The Bertz CT molecular complexity index is 1970. The molecule has 246 valence electrons. The van der Waals surface area contributed by atoms with Crippen LogP contribution < -0.4 is 9.80 Å². The lowest BCUT2D eigenvalue weighted by Gasteiger charge is -2.26. The minimum atomic E-state index is 1.04. The Labute approximate surface area is 312 Å². The maximum absolute atomic E-state index is 3.92. The van der Waals surface area contributed by atoms with Crippen LogP contribution in [0.25, 0.3) is 22.3 Å².